The predicted molar refractivity (Wildman–Crippen MR) is 118 cm³/mol. The number of benzene rings is 1. The summed E-state index contributed by atoms with van der Waals surface area (Å²) < 4.78 is 33.0. The van der Waals surface area contributed by atoms with Crippen molar-refractivity contribution in [1.82, 2.24) is 5.32 Å². The largest absolute Gasteiger partial charge is 0.493 e. The zero-order valence-corrected chi connectivity index (χ0v) is 19.5. The second-order valence-electron chi connectivity index (χ2n) is 6.81. The summed E-state index contributed by atoms with van der Waals surface area (Å²) in [5, 5.41) is 9.63. The molecule has 0 fully saturated rings. The molecule has 0 spiro atoms. The van der Waals surface area contributed by atoms with Crippen molar-refractivity contribution in [2.24, 2.45) is 11.7 Å². The zero-order valence-electron chi connectivity index (χ0n) is 18.7. The Kier molecular flexibility index (Phi) is 16.4. The van der Waals surface area contributed by atoms with Crippen LogP contribution < -0.4 is 20.5 Å². The van der Waals surface area contributed by atoms with Gasteiger partial charge in [-0.05, 0) is 37.0 Å². The van der Waals surface area contributed by atoms with Crippen molar-refractivity contribution in [3.63, 3.8) is 0 Å². The standard InChI is InChI=1S/C12H19NO4S.C7H15NO.CH2O2/c1-4-17-12-7-9(5-6-11(12)16-2)10(13)8-18(3,14)15;1-6(2)4-5-8-7(3)9;2-1-3/h5-7,10H,4,8,13H2,1-3H3;6H,4-5H2,1-3H3,(H,8,9);1H,(H,2,3)/t10-;;/m1../s1. The van der Waals surface area contributed by atoms with Crippen LogP contribution in [0, 0.1) is 5.92 Å². The van der Waals surface area contributed by atoms with Gasteiger partial charge in [0, 0.05) is 25.8 Å². The van der Waals surface area contributed by atoms with Crippen molar-refractivity contribution in [2.45, 2.75) is 40.2 Å². The molecule has 1 aromatic rings. The highest BCUT2D eigenvalue weighted by atomic mass is 32.2. The average Bonchev–Trinajstić information content (AvgIpc) is 2.61. The van der Waals surface area contributed by atoms with Gasteiger partial charge in [-0.25, -0.2) is 8.42 Å². The lowest BCUT2D eigenvalue weighted by atomic mass is 10.1. The topological polar surface area (TPSA) is 145 Å². The van der Waals surface area contributed by atoms with Gasteiger partial charge in [0.2, 0.25) is 5.91 Å². The normalized spacial score (nSPS) is 11.2. The van der Waals surface area contributed by atoms with Crippen molar-refractivity contribution < 1.29 is 32.6 Å². The number of nitrogens with one attached hydrogen (secondary N) is 1. The number of carbonyl (C=O) groups is 2. The molecule has 0 heterocycles. The van der Waals surface area contributed by atoms with Gasteiger partial charge in [0.15, 0.2) is 11.5 Å². The monoisotopic (exact) mass is 448 g/mol. The van der Waals surface area contributed by atoms with Crippen molar-refractivity contribution in [1.29, 1.82) is 0 Å². The molecule has 0 aliphatic carbocycles. The van der Waals surface area contributed by atoms with E-state index in [1.54, 1.807) is 32.2 Å². The molecule has 0 unspecified atom stereocenters. The van der Waals surface area contributed by atoms with Crippen molar-refractivity contribution >= 4 is 22.2 Å². The van der Waals surface area contributed by atoms with Crippen molar-refractivity contribution in [3.05, 3.63) is 23.8 Å². The molecule has 0 aromatic heterocycles. The Bertz CT molecular complexity index is 722. The SMILES string of the molecule is CC(=O)NCCC(C)C.CCOc1cc([C@H](N)CS(C)(=O)=O)ccc1OC.O=CO. The molecular weight excluding hydrogens is 412 g/mol. The van der Waals surface area contributed by atoms with E-state index in [1.165, 1.54) is 6.26 Å². The van der Waals surface area contributed by atoms with Crippen LogP contribution in [0.5, 0.6) is 11.5 Å². The van der Waals surface area contributed by atoms with Gasteiger partial charge < -0.3 is 25.6 Å². The number of carboxylic acid groups (broad SMARTS) is 1. The van der Waals surface area contributed by atoms with Gasteiger partial charge in [0.1, 0.15) is 9.84 Å². The van der Waals surface area contributed by atoms with E-state index in [9.17, 15) is 13.2 Å². The van der Waals surface area contributed by atoms with Crippen molar-refractivity contribution in [2.75, 3.05) is 32.3 Å². The average molecular weight is 449 g/mol. The number of nitrogens with two attached hydrogens (primary N) is 1. The molecule has 0 saturated carbocycles. The zero-order chi connectivity index (χ0) is 23.7. The number of hydrogen-bond acceptors (Lipinski definition) is 7. The fraction of sp³-hybridized carbons (Fsp3) is 0.600. The molecule has 1 atom stereocenters. The molecule has 0 saturated heterocycles. The summed E-state index contributed by atoms with van der Waals surface area (Å²) in [5.74, 6) is 1.83. The first-order valence-corrected chi connectivity index (χ1v) is 11.5. The van der Waals surface area contributed by atoms with E-state index in [-0.39, 0.29) is 18.1 Å². The van der Waals surface area contributed by atoms with Crippen LogP contribution in [0.4, 0.5) is 0 Å². The lowest BCUT2D eigenvalue weighted by Gasteiger charge is -2.15. The lowest BCUT2D eigenvalue weighted by molar-refractivity contribution is -0.123. The van der Waals surface area contributed by atoms with E-state index in [4.69, 9.17) is 25.1 Å². The molecule has 9 nitrogen and oxygen atoms in total. The fourth-order valence-corrected chi connectivity index (χ4v) is 3.00. The van der Waals surface area contributed by atoms with Crippen LogP contribution in [-0.4, -0.2) is 58.2 Å². The summed E-state index contributed by atoms with van der Waals surface area (Å²) in [6.45, 7) is 8.75. The maximum Gasteiger partial charge on any atom is 0.290 e. The summed E-state index contributed by atoms with van der Waals surface area (Å²) in [5.41, 5.74) is 6.57. The predicted octanol–water partition coefficient (Wildman–Crippen LogP) is 2.01. The van der Waals surface area contributed by atoms with Gasteiger partial charge >= 0.3 is 0 Å². The van der Waals surface area contributed by atoms with Gasteiger partial charge in [-0.2, -0.15) is 0 Å². The summed E-state index contributed by atoms with van der Waals surface area (Å²) in [6, 6.07) is 4.63. The van der Waals surface area contributed by atoms with Crippen LogP contribution >= 0.6 is 0 Å². The maximum absolute atomic E-state index is 11.2. The smallest absolute Gasteiger partial charge is 0.290 e. The Labute approximate surface area is 179 Å². The quantitative estimate of drug-likeness (QED) is 0.486. The van der Waals surface area contributed by atoms with Crippen LogP contribution in [0.3, 0.4) is 0 Å². The number of amides is 1. The van der Waals surface area contributed by atoms with Gasteiger partial charge in [0.25, 0.3) is 6.47 Å². The Balaban J connectivity index is 0. The van der Waals surface area contributed by atoms with Crippen LogP contribution in [0.1, 0.15) is 45.7 Å². The van der Waals surface area contributed by atoms with Gasteiger partial charge in [-0.1, -0.05) is 19.9 Å². The third-order valence-electron chi connectivity index (χ3n) is 3.49. The summed E-state index contributed by atoms with van der Waals surface area (Å²) >= 11 is 0. The number of methoxy groups -OCH3 is 1. The van der Waals surface area contributed by atoms with E-state index in [0.29, 0.717) is 29.6 Å². The highest BCUT2D eigenvalue weighted by molar-refractivity contribution is 7.90. The first-order chi connectivity index (χ1) is 13.9. The van der Waals surface area contributed by atoms with E-state index in [0.717, 1.165) is 13.0 Å². The molecule has 30 heavy (non-hydrogen) atoms. The van der Waals surface area contributed by atoms with Gasteiger partial charge in [0.05, 0.1) is 19.5 Å². The molecule has 0 aliphatic heterocycles. The summed E-state index contributed by atoms with van der Waals surface area (Å²) in [4.78, 5) is 18.7. The van der Waals surface area contributed by atoms with Crippen LogP contribution in [0.2, 0.25) is 0 Å². The Morgan fingerprint density at radius 1 is 1.30 bits per heavy atom. The summed E-state index contributed by atoms with van der Waals surface area (Å²) in [6.07, 6.45) is 2.24. The Hall–Kier alpha value is -2.33. The van der Waals surface area contributed by atoms with Crippen LogP contribution in [-0.2, 0) is 19.4 Å². The van der Waals surface area contributed by atoms with Crippen LogP contribution in [0.15, 0.2) is 18.2 Å². The maximum atomic E-state index is 11.2. The third kappa shape index (κ3) is 16.6. The highest BCUT2D eigenvalue weighted by Gasteiger charge is 2.15. The minimum atomic E-state index is -3.11. The third-order valence-corrected chi connectivity index (χ3v) is 4.46. The van der Waals surface area contributed by atoms with Crippen LogP contribution in [0.25, 0.3) is 0 Å². The number of hydrogen-bond donors (Lipinski definition) is 3. The van der Waals surface area contributed by atoms with E-state index < -0.39 is 15.9 Å². The van der Waals surface area contributed by atoms with E-state index in [1.807, 2.05) is 6.92 Å². The number of sulfone groups is 1. The molecule has 174 valence electrons. The molecule has 1 amide bonds. The Morgan fingerprint density at radius 3 is 2.27 bits per heavy atom. The second-order valence-corrected chi connectivity index (χ2v) is 9.00. The molecule has 0 bridgehead atoms. The minimum absolute atomic E-state index is 0.0654. The molecule has 1 aromatic carbocycles. The lowest BCUT2D eigenvalue weighted by Crippen LogP contribution is -2.21. The molecule has 1 rings (SSSR count). The molecule has 0 aliphatic rings. The minimum Gasteiger partial charge on any atom is -0.493 e. The molecule has 10 heteroatoms. The first kappa shape index (κ1) is 29.9. The second kappa shape index (κ2) is 16.5. The number of rotatable bonds is 9. The van der Waals surface area contributed by atoms with Gasteiger partial charge in [-0.15, -0.1) is 0 Å². The number of carbonyl (C=O) groups excluding carboxylic acids is 1. The fourth-order valence-electron chi connectivity index (χ4n) is 2.15. The first-order valence-electron chi connectivity index (χ1n) is 9.48. The molecular formula is C20H36N2O7S. The summed E-state index contributed by atoms with van der Waals surface area (Å²) in [7, 11) is -1.56. The van der Waals surface area contributed by atoms with E-state index in [2.05, 4.69) is 19.2 Å². The highest BCUT2D eigenvalue weighted by Crippen LogP contribution is 2.30. The van der Waals surface area contributed by atoms with Gasteiger partial charge in [-0.3, -0.25) is 9.59 Å². The molecule has 4 N–H and O–H groups in total. The Morgan fingerprint density at radius 2 is 1.87 bits per heavy atom. The van der Waals surface area contributed by atoms with Crippen molar-refractivity contribution in [3.8, 4) is 11.5 Å². The number of ether oxygens (including phenoxy) is 2. The molecule has 0 radical (unpaired) electrons. The van der Waals surface area contributed by atoms with E-state index >= 15 is 0 Å².